The van der Waals surface area contributed by atoms with E-state index in [-0.39, 0.29) is 0 Å². The Morgan fingerprint density at radius 2 is 1.25 bits per heavy atom. The highest BCUT2D eigenvalue weighted by molar-refractivity contribution is 4.52. The molecule has 0 saturated carbocycles. The summed E-state index contributed by atoms with van der Waals surface area (Å²) in [6.07, 6.45) is 15.8. The third-order valence-corrected chi connectivity index (χ3v) is 3.72. The Morgan fingerprint density at radius 1 is 0.800 bits per heavy atom. The van der Waals surface area contributed by atoms with Gasteiger partial charge in [0.1, 0.15) is 0 Å². The van der Waals surface area contributed by atoms with E-state index in [0.29, 0.717) is 13.2 Å². The summed E-state index contributed by atoms with van der Waals surface area (Å²) in [5, 5.41) is 9.20. The summed E-state index contributed by atoms with van der Waals surface area (Å²) >= 11 is 0. The first kappa shape index (κ1) is 19.9. The molecule has 0 rings (SSSR count). The third-order valence-electron chi connectivity index (χ3n) is 3.72. The summed E-state index contributed by atoms with van der Waals surface area (Å²) in [4.78, 5) is 0. The van der Waals surface area contributed by atoms with Gasteiger partial charge in [0.25, 0.3) is 0 Å². The molecule has 0 aromatic rings. The summed E-state index contributed by atoms with van der Waals surface area (Å²) in [6.45, 7) is 3.70. The molecule has 0 saturated heterocycles. The Morgan fingerprint density at radius 3 is 1.70 bits per heavy atom. The monoisotopic (exact) mass is 287 g/mol. The molecule has 0 radical (unpaired) electrons. The average molecular weight is 287 g/mol. The van der Waals surface area contributed by atoms with E-state index in [2.05, 4.69) is 6.92 Å². The Hall–Kier alpha value is -0.120. The molecule has 0 amide bonds. The normalized spacial score (nSPS) is 12.8. The number of hydrogen-bond acceptors (Lipinski definition) is 3. The SMILES string of the molecule is CCCCCCCCCCCCCCOCC(O)CN. The van der Waals surface area contributed by atoms with Gasteiger partial charge in [0.05, 0.1) is 12.7 Å². The van der Waals surface area contributed by atoms with Crippen LogP contribution in [0.15, 0.2) is 0 Å². The number of rotatable bonds is 16. The fourth-order valence-corrected chi connectivity index (χ4v) is 2.33. The maximum Gasteiger partial charge on any atom is 0.0895 e. The predicted molar refractivity (Wildman–Crippen MR) is 87.0 cm³/mol. The molecule has 0 aliphatic heterocycles. The van der Waals surface area contributed by atoms with Crippen LogP contribution in [0.25, 0.3) is 0 Å². The molecule has 20 heavy (non-hydrogen) atoms. The van der Waals surface area contributed by atoms with Gasteiger partial charge in [0.2, 0.25) is 0 Å². The molecule has 0 aliphatic carbocycles. The summed E-state index contributed by atoms with van der Waals surface area (Å²) in [7, 11) is 0. The maximum absolute atomic E-state index is 9.20. The van der Waals surface area contributed by atoms with Crippen molar-refractivity contribution < 1.29 is 9.84 Å². The zero-order chi connectivity index (χ0) is 14.9. The van der Waals surface area contributed by atoms with Gasteiger partial charge in [-0.2, -0.15) is 0 Å². The zero-order valence-electron chi connectivity index (χ0n) is 13.6. The van der Waals surface area contributed by atoms with Crippen molar-refractivity contribution in [2.75, 3.05) is 19.8 Å². The molecule has 0 spiro atoms. The number of aliphatic hydroxyl groups excluding tert-OH is 1. The first-order valence-electron chi connectivity index (χ1n) is 8.77. The lowest BCUT2D eigenvalue weighted by Crippen LogP contribution is -2.25. The standard InChI is InChI=1S/C17H37NO2/c1-2-3-4-5-6-7-8-9-10-11-12-13-14-20-16-17(19)15-18/h17,19H,2-16,18H2,1H3. The van der Waals surface area contributed by atoms with Crippen LogP contribution in [-0.2, 0) is 4.74 Å². The van der Waals surface area contributed by atoms with Crippen LogP contribution in [0.1, 0.15) is 84.0 Å². The van der Waals surface area contributed by atoms with Crippen molar-refractivity contribution in [1.82, 2.24) is 0 Å². The van der Waals surface area contributed by atoms with Crippen LogP contribution in [0, 0.1) is 0 Å². The zero-order valence-corrected chi connectivity index (χ0v) is 13.6. The minimum Gasteiger partial charge on any atom is -0.389 e. The van der Waals surface area contributed by atoms with E-state index in [1.807, 2.05) is 0 Å². The van der Waals surface area contributed by atoms with Crippen LogP contribution in [-0.4, -0.2) is 31.0 Å². The van der Waals surface area contributed by atoms with E-state index in [1.54, 1.807) is 0 Å². The van der Waals surface area contributed by atoms with Crippen molar-refractivity contribution in [2.24, 2.45) is 5.73 Å². The largest absolute Gasteiger partial charge is 0.389 e. The van der Waals surface area contributed by atoms with Gasteiger partial charge in [-0.05, 0) is 6.42 Å². The van der Waals surface area contributed by atoms with Crippen LogP contribution < -0.4 is 5.73 Å². The van der Waals surface area contributed by atoms with E-state index in [4.69, 9.17) is 10.5 Å². The molecule has 3 heteroatoms. The highest BCUT2D eigenvalue weighted by Crippen LogP contribution is 2.11. The number of aliphatic hydroxyl groups is 1. The average Bonchev–Trinajstić information content (AvgIpc) is 2.47. The van der Waals surface area contributed by atoms with E-state index < -0.39 is 6.10 Å². The van der Waals surface area contributed by atoms with Crippen LogP contribution in [0.4, 0.5) is 0 Å². The summed E-state index contributed by atoms with van der Waals surface area (Å²) in [5.41, 5.74) is 5.30. The first-order valence-corrected chi connectivity index (χ1v) is 8.77. The molecule has 0 aliphatic rings. The van der Waals surface area contributed by atoms with Crippen LogP contribution in [0.5, 0.6) is 0 Å². The quantitative estimate of drug-likeness (QED) is 0.421. The van der Waals surface area contributed by atoms with Gasteiger partial charge in [-0.1, -0.05) is 77.6 Å². The molecule has 0 aromatic carbocycles. The maximum atomic E-state index is 9.20. The van der Waals surface area contributed by atoms with E-state index in [1.165, 1.54) is 70.6 Å². The van der Waals surface area contributed by atoms with Crippen molar-refractivity contribution in [1.29, 1.82) is 0 Å². The van der Waals surface area contributed by atoms with Gasteiger partial charge < -0.3 is 15.6 Å². The van der Waals surface area contributed by atoms with Crippen LogP contribution in [0.2, 0.25) is 0 Å². The van der Waals surface area contributed by atoms with E-state index in [0.717, 1.165) is 13.0 Å². The van der Waals surface area contributed by atoms with Gasteiger partial charge in [0.15, 0.2) is 0 Å². The first-order chi connectivity index (χ1) is 9.81. The molecular formula is C17H37NO2. The number of nitrogens with two attached hydrogens (primary N) is 1. The predicted octanol–water partition coefficient (Wildman–Crippen LogP) is 4.02. The van der Waals surface area contributed by atoms with Crippen molar-refractivity contribution in [3.05, 3.63) is 0 Å². The lowest BCUT2D eigenvalue weighted by atomic mass is 10.1. The molecular weight excluding hydrogens is 250 g/mol. The summed E-state index contributed by atoms with van der Waals surface area (Å²) in [5.74, 6) is 0. The Labute approximate surface area is 126 Å². The molecule has 122 valence electrons. The highest BCUT2D eigenvalue weighted by Gasteiger charge is 1.99. The van der Waals surface area contributed by atoms with Crippen LogP contribution in [0.3, 0.4) is 0 Å². The second-order valence-electron chi connectivity index (χ2n) is 5.85. The molecule has 0 heterocycles. The fourth-order valence-electron chi connectivity index (χ4n) is 2.33. The molecule has 1 unspecified atom stereocenters. The number of ether oxygens (including phenoxy) is 1. The molecule has 0 fully saturated rings. The number of hydrogen-bond donors (Lipinski definition) is 2. The lowest BCUT2D eigenvalue weighted by Gasteiger charge is -2.08. The van der Waals surface area contributed by atoms with Gasteiger partial charge in [-0.25, -0.2) is 0 Å². The third kappa shape index (κ3) is 15.9. The molecule has 3 nitrogen and oxygen atoms in total. The van der Waals surface area contributed by atoms with E-state index in [9.17, 15) is 5.11 Å². The van der Waals surface area contributed by atoms with Crippen molar-refractivity contribution in [2.45, 2.75) is 90.1 Å². The summed E-state index contributed by atoms with van der Waals surface area (Å²) in [6, 6.07) is 0. The van der Waals surface area contributed by atoms with Gasteiger partial charge in [-0.15, -0.1) is 0 Å². The van der Waals surface area contributed by atoms with Gasteiger partial charge in [0, 0.05) is 13.2 Å². The Balaban J connectivity index is 2.96. The highest BCUT2D eigenvalue weighted by atomic mass is 16.5. The fraction of sp³-hybridized carbons (Fsp3) is 1.00. The van der Waals surface area contributed by atoms with E-state index >= 15 is 0 Å². The van der Waals surface area contributed by atoms with Gasteiger partial charge in [-0.3, -0.25) is 0 Å². The summed E-state index contributed by atoms with van der Waals surface area (Å²) < 4.78 is 5.35. The topological polar surface area (TPSA) is 55.5 Å². The lowest BCUT2D eigenvalue weighted by molar-refractivity contribution is 0.0396. The van der Waals surface area contributed by atoms with Gasteiger partial charge >= 0.3 is 0 Å². The smallest absolute Gasteiger partial charge is 0.0895 e. The molecule has 0 bridgehead atoms. The van der Waals surface area contributed by atoms with Crippen molar-refractivity contribution in [3.63, 3.8) is 0 Å². The minimum atomic E-state index is -0.493. The molecule has 3 N–H and O–H groups in total. The molecule has 0 aromatic heterocycles. The molecule has 1 atom stereocenters. The second kappa shape index (κ2) is 16.9. The van der Waals surface area contributed by atoms with Crippen molar-refractivity contribution >= 4 is 0 Å². The van der Waals surface area contributed by atoms with Crippen LogP contribution >= 0.6 is 0 Å². The second-order valence-corrected chi connectivity index (χ2v) is 5.85. The number of unbranched alkanes of at least 4 members (excludes halogenated alkanes) is 11. The Kier molecular flexibility index (Phi) is 16.8. The van der Waals surface area contributed by atoms with Crippen molar-refractivity contribution in [3.8, 4) is 0 Å². The minimum absolute atomic E-state index is 0.290. The Bertz CT molecular complexity index is 176.